The normalized spacial score (nSPS) is 15.3. The highest BCUT2D eigenvalue weighted by atomic mass is 35.5. The molecule has 0 aliphatic heterocycles. The highest BCUT2D eigenvalue weighted by molar-refractivity contribution is 7.18. The van der Waals surface area contributed by atoms with E-state index < -0.39 is 0 Å². The Labute approximate surface area is 173 Å². The molecule has 1 fully saturated rings. The molecule has 0 atom stereocenters. The second-order valence-electron chi connectivity index (χ2n) is 7.21. The highest BCUT2D eigenvalue weighted by Gasteiger charge is 2.24. The first kappa shape index (κ1) is 20.4. The summed E-state index contributed by atoms with van der Waals surface area (Å²) in [6.45, 7) is 0.687. The molecular formula is C19H24Cl2N4OS. The molecule has 0 amide bonds. The summed E-state index contributed by atoms with van der Waals surface area (Å²) >= 11 is 14.0. The van der Waals surface area contributed by atoms with Crippen LogP contribution in [-0.4, -0.2) is 35.8 Å². The minimum atomic E-state index is -0.284. The summed E-state index contributed by atoms with van der Waals surface area (Å²) in [5.41, 5.74) is 7.25. The fourth-order valence-electron chi connectivity index (χ4n) is 3.39. The molecule has 0 radical (unpaired) electrons. The number of benzene rings is 1. The number of thiazole rings is 1. The molecule has 0 saturated heterocycles. The molecule has 1 aromatic heterocycles. The number of aromatic nitrogens is 1. The summed E-state index contributed by atoms with van der Waals surface area (Å²) in [6.07, 6.45) is 5.95. The fourth-order valence-corrected chi connectivity index (χ4v) is 5.00. The van der Waals surface area contributed by atoms with E-state index in [0.717, 1.165) is 18.4 Å². The summed E-state index contributed by atoms with van der Waals surface area (Å²) in [5.74, 6) is -0.0686. The minimum absolute atomic E-state index is 0.216. The molecule has 1 heterocycles. The SMILES string of the molecule is CN(C)Cc1cc(Cl)c(C(=O)c2sc(NC3CCCCC3)nc2N)c(Cl)c1. The van der Waals surface area contributed by atoms with E-state index in [9.17, 15) is 4.79 Å². The summed E-state index contributed by atoms with van der Waals surface area (Å²) in [4.78, 5) is 19.8. The number of rotatable bonds is 6. The van der Waals surface area contributed by atoms with E-state index in [0.29, 0.717) is 32.6 Å². The number of carbonyl (C=O) groups excluding carboxylic acids is 1. The number of nitrogens with two attached hydrogens (primary N) is 1. The van der Waals surface area contributed by atoms with E-state index >= 15 is 0 Å². The average Bonchev–Trinajstić information content (AvgIpc) is 2.94. The van der Waals surface area contributed by atoms with Crippen LogP contribution in [0.1, 0.15) is 52.9 Å². The quantitative estimate of drug-likeness (QED) is 0.630. The van der Waals surface area contributed by atoms with Crippen molar-refractivity contribution in [3.63, 3.8) is 0 Å². The van der Waals surface area contributed by atoms with Crippen LogP contribution in [0, 0.1) is 0 Å². The van der Waals surface area contributed by atoms with Gasteiger partial charge in [-0.15, -0.1) is 0 Å². The van der Waals surface area contributed by atoms with Gasteiger partial charge in [-0.2, -0.15) is 0 Å². The van der Waals surface area contributed by atoms with Crippen molar-refractivity contribution < 1.29 is 4.79 Å². The Balaban J connectivity index is 1.83. The molecule has 5 nitrogen and oxygen atoms in total. The Morgan fingerprint density at radius 2 is 1.89 bits per heavy atom. The Morgan fingerprint density at radius 3 is 2.48 bits per heavy atom. The summed E-state index contributed by atoms with van der Waals surface area (Å²) in [6, 6.07) is 3.95. The largest absolute Gasteiger partial charge is 0.382 e. The number of nitrogens with zero attached hydrogens (tertiary/aromatic N) is 2. The Bertz CT molecular complexity index is 808. The molecule has 27 heavy (non-hydrogen) atoms. The number of nitrogens with one attached hydrogen (secondary N) is 1. The zero-order valence-corrected chi connectivity index (χ0v) is 17.8. The van der Waals surface area contributed by atoms with Gasteiger partial charge in [-0.1, -0.05) is 53.8 Å². The van der Waals surface area contributed by atoms with Gasteiger partial charge in [-0.05, 0) is 44.6 Å². The zero-order valence-electron chi connectivity index (χ0n) is 15.5. The lowest BCUT2D eigenvalue weighted by Gasteiger charge is -2.22. The van der Waals surface area contributed by atoms with Gasteiger partial charge in [-0.25, -0.2) is 4.98 Å². The summed E-state index contributed by atoms with van der Waals surface area (Å²) < 4.78 is 0. The van der Waals surface area contributed by atoms with Crippen molar-refractivity contribution in [2.45, 2.75) is 44.7 Å². The smallest absolute Gasteiger partial charge is 0.209 e. The van der Waals surface area contributed by atoms with Crippen molar-refractivity contribution in [3.05, 3.63) is 38.2 Å². The summed E-state index contributed by atoms with van der Waals surface area (Å²) in [5, 5.41) is 4.76. The third kappa shape index (κ3) is 4.93. The van der Waals surface area contributed by atoms with Crippen LogP contribution in [-0.2, 0) is 6.54 Å². The second-order valence-corrected chi connectivity index (χ2v) is 9.03. The first-order chi connectivity index (χ1) is 12.8. The van der Waals surface area contributed by atoms with E-state index in [1.165, 1.54) is 30.6 Å². The van der Waals surface area contributed by atoms with Gasteiger partial charge in [0.15, 0.2) is 5.13 Å². The van der Waals surface area contributed by atoms with Gasteiger partial charge >= 0.3 is 0 Å². The average molecular weight is 427 g/mol. The van der Waals surface area contributed by atoms with Crippen molar-refractivity contribution in [1.82, 2.24) is 9.88 Å². The number of nitrogen functional groups attached to an aromatic ring is 1. The topological polar surface area (TPSA) is 71.2 Å². The molecule has 1 aliphatic carbocycles. The van der Waals surface area contributed by atoms with Gasteiger partial charge in [0, 0.05) is 12.6 Å². The standard InChI is InChI=1S/C19H24Cl2N4OS/c1-25(2)10-11-8-13(20)15(14(21)9-11)16(26)17-18(22)24-19(27-17)23-12-6-4-3-5-7-12/h8-9,12H,3-7,10,22H2,1-2H3,(H,23,24). The van der Waals surface area contributed by atoms with Crippen molar-refractivity contribution >= 4 is 51.3 Å². The van der Waals surface area contributed by atoms with E-state index in [-0.39, 0.29) is 17.2 Å². The van der Waals surface area contributed by atoms with Crippen molar-refractivity contribution in [3.8, 4) is 0 Å². The highest BCUT2D eigenvalue weighted by Crippen LogP contribution is 2.35. The van der Waals surface area contributed by atoms with Crippen LogP contribution in [0.25, 0.3) is 0 Å². The third-order valence-electron chi connectivity index (χ3n) is 4.62. The van der Waals surface area contributed by atoms with Gasteiger partial charge in [0.25, 0.3) is 0 Å². The molecule has 3 rings (SSSR count). The molecule has 8 heteroatoms. The van der Waals surface area contributed by atoms with Crippen LogP contribution in [0.4, 0.5) is 10.9 Å². The predicted molar refractivity (Wildman–Crippen MR) is 114 cm³/mol. The van der Waals surface area contributed by atoms with Gasteiger partial charge < -0.3 is 16.0 Å². The molecule has 1 saturated carbocycles. The summed E-state index contributed by atoms with van der Waals surface area (Å²) in [7, 11) is 3.92. The van der Waals surface area contributed by atoms with E-state index in [1.54, 1.807) is 12.1 Å². The number of hydrogen-bond donors (Lipinski definition) is 2. The van der Waals surface area contributed by atoms with Crippen LogP contribution in [0.5, 0.6) is 0 Å². The Morgan fingerprint density at radius 1 is 1.26 bits per heavy atom. The number of halogens is 2. The zero-order chi connectivity index (χ0) is 19.6. The maximum absolute atomic E-state index is 13.0. The van der Waals surface area contributed by atoms with Gasteiger partial charge in [0.2, 0.25) is 5.78 Å². The van der Waals surface area contributed by atoms with Crippen LogP contribution in [0.15, 0.2) is 12.1 Å². The first-order valence-corrected chi connectivity index (χ1v) is 10.6. The maximum atomic E-state index is 13.0. The minimum Gasteiger partial charge on any atom is -0.382 e. The Hall–Kier alpha value is -1.34. The van der Waals surface area contributed by atoms with Crippen LogP contribution in [0.3, 0.4) is 0 Å². The number of ketones is 1. The first-order valence-electron chi connectivity index (χ1n) is 9.05. The van der Waals surface area contributed by atoms with E-state index in [4.69, 9.17) is 28.9 Å². The molecule has 0 bridgehead atoms. The second kappa shape index (κ2) is 8.78. The lowest BCUT2D eigenvalue weighted by Crippen LogP contribution is -2.22. The van der Waals surface area contributed by atoms with Crippen molar-refractivity contribution in [2.75, 3.05) is 25.1 Å². The van der Waals surface area contributed by atoms with E-state index in [1.807, 2.05) is 19.0 Å². The molecule has 3 N–H and O–H groups in total. The Kier molecular flexibility index (Phi) is 6.63. The van der Waals surface area contributed by atoms with Crippen molar-refractivity contribution in [2.24, 2.45) is 0 Å². The van der Waals surface area contributed by atoms with Gasteiger partial charge in [-0.3, -0.25) is 4.79 Å². The van der Waals surface area contributed by atoms with Crippen LogP contribution < -0.4 is 11.1 Å². The number of carbonyl (C=O) groups is 1. The van der Waals surface area contributed by atoms with Crippen molar-refractivity contribution in [1.29, 1.82) is 0 Å². The molecule has 1 aliphatic rings. The van der Waals surface area contributed by atoms with Crippen LogP contribution in [0.2, 0.25) is 10.0 Å². The molecule has 1 aromatic carbocycles. The lowest BCUT2D eigenvalue weighted by molar-refractivity contribution is 0.104. The number of hydrogen-bond acceptors (Lipinski definition) is 6. The van der Waals surface area contributed by atoms with E-state index in [2.05, 4.69) is 10.3 Å². The van der Waals surface area contributed by atoms with Gasteiger partial charge in [0.05, 0.1) is 15.6 Å². The van der Waals surface area contributed by atoms with Crippen LogP contribution >= 0.6 is 34.5 Å². The lowest BCUT2D eigenvalue weighted by atomic mass is 9.96. The third-order valence-corrected chi connectivity index (χ3v) is 6.22. The molecular weight excluding hydrogens is 403 g/mol. The predicted octanol–water partition coefficient (Wildman–Crippen LogP) is 5.07. The molecule has 0 spiro atoms. The number of anilines is 2. The molecule has 0 unspecified atom stereocenters. The van der Waals surface area contributed by atoms with Gasteiger partial charge in [0.1, 0.15) is 10.7 Å². The monoisotopic (exact) mass is 426 g/mol. The molecule has 2 aromatic rings. The fraction of sp³-hybridized carbons (Fsp3) is 0.474. The molecule has 146 valence electrons. The maximum Gasteiger partial charge on any atom is 0.209 e.